The summed E-state index contributed by atoms with van der Waals surface area (Å²) < 4.78 is 5.62. The van der Waals surface area contributed by atoms with E-state index in [1.807, 2.05) is 31.2 Å². The van der Waals surface area contributed by atoms with E-state index in [1.54, 1.807) is 0 Å². The van der Waals surface area contributed by atoms with Gasteiger partial charge in [0.15, 0.2) is 0 Å². The van der Waals surface area contributed by atoms with Gasteiger partial charge in [0.05, 0.1) is 0 Å². The molecule has 1 saturated heterocycles. The third kappa shape index (κ3) is 4.87. The van der Waals surface area contributed by atoms with E-state index in [0.29, 0.717) is 19.4 Å². The number of hydrogen-bond acceptors (Lipinski definition) is 4. The van der Waals surface area contributed by atoms with Crippen LogP contribution in [0.2, 0.25) is 0 Å². The van der Waals surface area contributed by atoms with Gasteiger partial charge in [-0.15, -0.1) is 0 Å². The van der Waals surface area contributed by atoms with Crippen molar-refractivity contribution in [1.29, 1.82) is 0 Å². The van der Waals surface area contributed by atoms with E-state index in [4.69, 9.17) is 4.74 Å². The maximum Gasteiger partial charge on any atom is 0.407 e. The summed E-state index contributed by atoms with van der Waals surface area (Å²) in [7, 11) is 0. The number of nitrogens with one attached hydrogen (secondary N) is 1. The fourth-order valence-electron chi connectivity index (χ4n) is 4.75. The number of carboxylic acid groups (broad SMARTS) is 1. The molecule has 4 rings (SSSR count). The third-order valence-electron chi connectivity index (χ3n) is 6.62. The minimum atomic E-state index is -0.982. The van der Waals surface area contributed by atoms with Crippen molar-refractivity contribution in [2.45, 2.75) is 57.0 Å². The molecular formula is C26H30N2O5. The molecule has 2 N–H and O–H groups in total. The number of alkyl carbamates (subject to hydrolysis) is 1. The highest BCUT2D eigenvalue weighted by Gasteiger charge is 2.38. The Hall–Kier alpha value is -3.35. The number of unbranched alkanes of at least 4 members (excludes halogenated alkanes) is 1. The van der Waals surface area contributed by atoms with E-state index in [9.17, 15) is 19.5 Å². The van der Waals surface area contributed by atoms with Crippen molar-refractivity contribution in [3.63, 3.8) is 0 Å². The quantitative estimate of drug-likeness (QED) is 0.598. The maximum atomic E-state index is 12.7. The molecule has 1 aliphatic carbocycles. The minimum Gasteiger partial charge on any atom is -0.480 e. The van der Waals surface area contributed by atoms with Crippen LogP contribution >= 0.6 is 0 Å². The molecule has 1 heterocycles. The molecule has 1 aliphatic heterocycles. The normalized spacial score (nSPS) is 17.5. The van der Waals surface area contributed by atoms with Crippen molar-refractivity contribution in [3.8, 4) is 11.1 Å². The number of carbonyl (C=O) groups is 3. The molecule has 0 spiro atoms. The first-order chi connectivity index (χ1) is 16.0. The summed E-state index contributed by atoms with van der Waals surface area (Å²) in [4.78, 5) is 37.9. The van der Waals surface area contributed by atoms with Gasteiger partial charge < -0.3 is 20.1 Å². The van der Waals surface area contributed by atoms with E-state index in [-0.39, 0.29) is 30.9 Å². The largest absolute Gasteiger partial charge is 0.480 e. The van der Waals surface area contributed by atoms with Gasteiger partial charge in [0, 0.05) is 24.9 Å². The molecule has 0 aromatic heterocycles. The monoisotopic (exact) mass is 450 g/mol. The van der Waals surface area contributed by atoms with Gasteiger partial charge in [0.2, 0.25) is 5.91 Å². The number of fused-ring (bicyclic) bond motifs is 3. The predicted octanol–water partition coefficient (Wildman–Crippen LogP) is 4.16. The van der Waals surface area contributed by atoms with E-state index < -0.39 is 18.1 Å². The first kappa shape index (κ1) is 22.8. The van der Waals surface area contributed by atoms with Gasteiger partial charge in [0.1, 0.15) is 12.6 Å². The summed E-state index contributed by atoms with van der Waals surface area (Å²) in [5, 5.41) is 12.0. The number of nitrogens with zero attached hydrogens (tertiary/aromatic N) is 1. The van der Waals surface area contributed by atoms with Crippen LogP contribution in [-0.4, -0.2) is 53.2 Å². The Kier molecular flexibility index (Phi) is 6.96. The van der Waals surface area contributed by atoms with Gasteiger partial charge in [-0.1, -0.05) is 68.3 Å². The predicted molar refractivity (Wildman–Crippen MR) is 124 cm³/mol. The Balaban J connectivity index is 1.37. The number of amides is 2. The molecule has 2 aromatic rings. The van der Waals surface area contributed by atoms with Crippen molar-refractivity contribution in [1.82, 2.24) is 10.2 Å². The summed E-state index contributed by atoms with van der Waals surface area (Å²) in [6, 6.07) is 15.2. The van der Waals surface area contributed by atoms with E-state index in [1.165, 1.54) is 4.90 Å². The van der Waals surface area contributed by atoms with Crippen LogP contribution in [-0.2, 0) is 14.3 Å². The first-order valence-electron chi connectivity index (χ1n) is 11.6. The fourth-order valence-corrected chi connectivity index (χ4v) is 4.75. The summed E-state index contributed by atoms with van der Waals surface area (Å²) in [6.07, 6.45) is 2.42. The molecule has 33 heavy (non-hydrogen) atoms. The van der Waals surface area contributed by atoms with Crippen LogP contribution < -0.4 is 5.32 Å². The van der Waals surface area contributed by atoms with Gasteiger partial charge in [-0.25, -0.2) is 9.59 Å². The molecule has 7 heteroatoms. The Labute approximate surface area is 193 Å². The van der Waals surface area contributed by atoms with E-state index >= 15 is 0 Å². The second-order valence-corrected chi connectivity index (χ2v) is 8.74. The Morgan fingerprint density at radius 2 is 1.73 bits per heavy atom. The van der Waals surface area contributed by atoms with Crippen LogP contribution in [0.25, 0.3) is 11.1 Å². The van der Waals surface area contributed by atoms with Gasteiger partial charge in [-0.05, 0) is 35.1 Å². The summed E-state index contributed by atoms with van der Waals surface area (Å²) in [5.41, 5.74) is 4.61. The smallest absolute Gasteiger partial charge is 0.407 e. The van der Waals surface area contributed by atoms with Crippen molar-refractivity contribution < 1.29 is 24.2 Å². The van der Waals surface area contributed by atoms with Crippen molar-refractivity contribution in [2.75, 3.05) is 13.2 Å². The number of likely N-dealkylation sites (tertiary alicyclic amines) is 1. The highest BCUT2D eigenvalue weighted by atomic mass is 16.5. The third-order valence-corrected chi connectivity index (χ3v) is 6.62. The van der Waals surface area contributed by atoms with Gasteiger partial charge in [-0.2, -0.15) is 0 Å². The lowest BCUT2D eigenvalue weighted by atomic mass is 9.98. The van der Waals surface area contributed by atoms with Crippen LogP contribution in [0.15, 0.2) is 48.5 Å². The number of ether oxygens (including phenoxy) is 1. The molecule has 0 bridgehead atoms. The Morgan fingerprint density at radius 3 is 2.27 bits per heavy atom. The van der Waals surface area contributed by atoms with E-state index in [2.05, 4.69) is 29.6 Å². The zero-order chi connectivity index (χ0) is 23.4. The number of benzene rings is 2. The molecule has 0 radical (unpaired) electrons. The maximum absolute atomic E-state index is 12.7. The molecule has 1 fully saturated rings. The summed E-state index contributed by atoms with van der Waals surface area (Å²) >= 11 is 0. The average molecular weight is 451 g/mol. The lowest BCUT2D eigenvalue weighted by Gasteiger charge is -2.38. The van der Waals surface area contributed by atoms with Crippen LogP contribution in [0.4, 0.5) is 4.79 Å². The van der Waals surface area contributed by atoms with E-state index in [0.717, 1.165) is 35.1 Å². The highest BCUT2D eigenvalue weighted by molar-refractivity contribution is 5.86. The van der Waals surface area contributed by atoms with Crippen LogP contribution in [0.5, 0.6) is 0 Å². The number of carboxylic acids is 1. The lowest BCUT2D eigenvalue weighted by Crippen LogP contribution is -2.56. The van der Waals surface area contributed by atoms with Crippen LogP contribution in [0.3, 0.4) is 0 Å². The SMILES string of the molecule is CCCCC(CC(=O)N1CCC1C(=O)O)NC(=O)OCC1c2ccccc2-c2ccccc21. The van der Waals surface area contributed by atoms with Crippen LogP contribution in [0, 0.1) is 0 Å². The Morgan fingerprint density at radius 1 is 1.09 bits per heavy atom. The average Bonchev–Trinajstić information content (AvgIpc) is 3.08. The summed E-state index contributed by atoms with van der Waals surface area (Å²) in [5.74, 6) is -1.26. The van der Waals surface area contributed by atoms with Crippen molar-refractivity contribution in [3.05, 3.63) is 59.7 Å². The van der Waals surface area contributed by atoms with Crippen LogP contribution in [0.1, 0.15) is 56.1 Å². The second-order valence-electron chi connectivity index (χ2n) is 8.74. The first-order valence-corrected chi connectivity index (χ1v) is 11.6. The van der Waals surface area contributed by atoms with Gasteiger partial charge >= 0.3 is 12.1 Å². The Bertz CT molecular complexity index is 991. The number of rotatable bonds is 9. The topological polar surface area (TPSA) is 95.9 Å². The minimum absolute atomic E-state index is 0.0312. The molecule has 0 saturated carbocycles. The standard InChI is InChI=1S/C26H30N2O5/c1-2-3-8-17(15-24(29)28-14-13-23(28)25(30)31)27-26(32)33-16-22-20-11-6-4-9-18(20)19-10-5-7-12-21(19)22/h4-7,9-12,17,22-23H,2-3,8,13-16H2,1H3,(H,27,32)(H,30,31). The molecule has 7 nitrogen and oxygen atoms in total. The van der Waals surface area contributed by atoms with Gasteiger partial charge in [-0.3, -0.25) is 4.79 Å². The molecule has 2 aliphatic rings. The zero-order valence-electron chi connectivity index (χ0n) is 18.8. The lowest BCUT2D eigenvalue weighted by molar-refractivity contribution is -0.157. The number of aliphatic carboxylic acids is 1. The number of carbonyl (C=O) groups excluding carboxylic acids is 2. The fraction of sp³-hybridized carbons (Fsp3) is 0.423. The molecule has 2 unspecified atom stereocenters. The number of hydrogen-bond donors (Lipinski definition) is 2. The molecular weight excluding hydrogens is 420 g/mol. The molecule has 2 aromatic carbocycles. The second kappa shape index (κ2) is 10.1. The molecule has 174 valence electrons. The van der Waals surface area contributed by atoms with Crippen molar-refractivity contribution >= 4 is 18.0 Å². The zero-order valence-corrected chi connectivity index (χ0v) is 18.8. The molecule has 2 atom stereocenters. The summed E-state index contributed by atoms with van der Waals surface area (Å²) in [6.45, 7) is 2.70. The molecule has 2 amide bonds. The van der Waals surface area contributed by atoms with Gasteiger partial charge in [0.25, 0.3) is 0 Å². The highest BCUT2D eigenvalue weighted by Crippen LogP contribution is 2.44. The van der Waals surface area contributed by atoms with Crippen molar-refractivity contribution in [2.24, 2.45) is 0 Å².